The number of imidazole rings is 1. The van der Waals surface area contributed by atoms with Crippen LogP contribution in [0.1, 0.15) is 17.2 Å². The molecule has 0 spiro atoms. The fraction of sp³-hybridized carbons (Fsp3) is 0.125. The summed E-state index contributed by atoms with van der Waals surface area (Å²) < 4.78 is 14.6. The Bertz CT molecular complexity index is 1260. The maximum absolute atomic E-state index is 5.77. The number of benzene rings is 3. The molecule has 1 atom stereocenters. The minimum absolute atomic E-state index is 0.114. The van der Waals surface area contributed by atoms with Crippen LogP contribution in [0.4, 0.5) is 5.95 Å². The zero-order valence-corrected chi connectivity index (χ0v) is 18.2. The average Bonchev–Trinajstić information content (AvgIpc) is 3.17. The molecular formula is C24H20BrN3O2. The highest BCUT2D eigenvalue weighted by Crippen LogP contribution is 2.42. The first-order valence-electron chi connectivity index (χ1n) is 9.62. The Labute approximate surface area is 183 Å². The molecule has 0 amide bonds. The number of nitrogens with zero attached hydrogens (tertiary/aromatic N) is 2. The van der Waals surface area contributed by atoms with E-state index in [0.717, 1.165) is 44.0 Å². The summed E-state index contributed by atoms with van der Waals surface area (Å²) in [5.74, 6) is 2.23. The van der Waals surface area contributed by atoms with Crippen molar-refractivity contribution in [1.82, 2.24) is 9.55 Å². The van der Waals surface area contributed by atoms with Crippen LogP contribution in [0.5, 0.6) is 11.5 Å². The minimum Gasteiger partial charge on any atom is -0.493 e. The zero-order valence-electron chi connectivity index (χ0n) is 16.6. The normalized spacial score (nSPS) is 15.3. The van der Waals surface area contributed by atoms with Gasteiger partial charge in [-0.1, -0.05) is 52.3 Å². The van der Waals surface area contributed by atoms with E-state index in [2.05, 4.69) is 56.2 Å². The van der Waals surface area contributed by atoms with E-state index in [1.807, 2.05) is 42.5 Å². The maximum Gasteiger partial charge on any atom is 0.209 e. The van der Waals surface area contributed by atoms with Crippen molar-refractivity contribution in [3.05, 3.63) is 88.4 Å². The third-order valence-electron chi connectivity index (χ3n) is 5.35. The number of hydrogen-bond acceptors (Lipinski definition) is 4. The predicted octanol–water partition coefficient (Wildman–Crippen LogP) is 5.87. The molecule has 0 radical (unpaired) electrons. The first kappa shape index (κ1) is 18.8. The van der Waals surface area contributed by atoms with Crippen LogP contribution in [0.3, 0.4) is 0 Å². The van der Waals surface area contributed by atoms with Crippen LogP contribution in [-0.4, -0.2) is 23.8 Å². The molecule has 30 heavy (non-hydrogen) atoms. The Morgan fingerprint density at radius 1 is 0.933 bits per heavy atom. The van der Waals surface area contributed by atoms with Gasteiger partial charge in [-0.2, -0.15) is 0 Å². The predicted molar refractivity (Wildman–Crippen MR) is 123 cm³/mol. The van der Waals surface area contributed by atoms with E-state index >= 15 is 0 Å². The molecule has 3 aromatic carbocycles. The fourth-order valence-corrected chi connectivity index (χ4v) is 4.24. The number of allylic oxidation sites excluding steroid dienone is 1. The molecule has 5 nitrogen and oxygen atoms in total. The molecule has 5 rings (SSSR count). The highest BCUT2D eigenvalue weighted by molar-refractivity contribution is 9.10. The molecule has 0 aliphatic carbocycles. The summed E-state index contributed by atoms with van der Waals surface area (Å²) in [6, 6.07) is 22.3. The molecule has 150 valence electrons. The van der Waals surface area contributed by atoms with Gasteiger partial charge in [-0.15, -0.1) is 0 Å². The first-order chi connectivity index (χ1) is 14.7. The lowest BCUT2D eigenvalue weighted by Crippen LogP contribution is -2.19. The van der Waals surface area contributed by atoms with E-state index in [1.165, 1.54) is 0 Å². The molecule has 0 unspecified atom stereocenters. The standard InChI is InChI=1S/C24H20BrN3O2/c1-29-22-9-5-6-17(23(22)30-2)21-14-19(15-10-12-16(25)13-11-15)27-24-26-18-7-3-4-8-20(18)28(21)24/h3-14,21H,1-2H3,(H,26,27)/t21-/m1/s1. The van der Waals surface area contributed by atoms with Gasteiger partial charge in [0, 0.05) is 15.7 Å². The Kier molecular flexibility index (Phi) is 4.71. The lowest BCUT2D eigenvalue weighted by molar-refractivity contribution is 0.350. The summed E-state index contributed by atoms with van der Waals surface area (Å²) >= 11 is 3.52. The van der Waals surface area contributed by atoms with Crippen LogP contribution in [0.15, 0.2) is 77.3 Å². The van der Waals surface area contributed by atoms with Crippen molar-refractivity contribution in [1.29, 1.82) is 0 Å². The Morgan fingerprint density at radius 3 is 2.50 bits per heavy atom. The molecule has 1 aliphatic heterocycles. The van der Waals surface area contributed by atoms with Gasteiger partial charge in [-0.05, 0) is 42.0 Å². The van der Waals surface area contributed by atoms with E-state index in [4.69, 9.17) is 14.5 Å². The van der Waals surface area contributed by atoms with Crippen LogP contribution >= 0.6 is 15.9 Å². The second-order valence-electron chi connectivity index (χ2n) is 7.03. The smallest absolute Gasteiger partial charge is 0.209 e. The average molecular weight is 462 g/mol. The summed E-state index contributed by atoms with van der Waals surface area (Å²) in [6.07, 6.45) is 2.21. The Morgan fingerprint density at radius 2 is 1.73 bits per heavy atom. The lowest BCUT2D eigenvalue weighted by atomic mass is 9.99. The molecule has 4 aromatic rings. The minimum atomic E-state index is -0.114. The number of methoxy groups -OCH3 is 2. The molecule has 0 saturated heterocycles. The van der Waals surface area contributed by atoms with Gasteiger partial charge in [0.25, 0.3) is 0 Å². The molecule has 0 saturated carbocycles. The number of rotatable bonds is 4. The van der Waals surface area contributed by atoms with Gasteiger partial charge in [0.2, 0.25) is 5.95 Å². The number of para-hydroxylation sites is 3. The molecular weight excluding hydrogens is 442 g/mol. The van der Waals surface area contributed by atoms with Crippen molar-refractivity contribution in [3.8, 4) is 11.5 Å². The topological polar surface area (TPSA) is 48.3 Å². The van der Waals surface area contributed by atoms with Gasteiger partial charge < -0.3 is 14.8 Å². The van der Waals surface area contributed by atoms with Crippen LogP contribution in [0.2, 0.25) is 0 Å². The summed E-state index contributed by atoms with van der Waals surface area (Å²) in [4.78, 5) is 4.85. The van der Waals surface area contributed by atoms with E-state index in [-0.39, 0.29) is 6.04 Å². The van der Waals surface area contributed by atoms with Gasteiger partial charge >= 0.3 is 0 Å². The molecule has 2 heterocycles. The van der Waals surface area contributed by atoms with Crippen LogP contribution in [0, 0.1) is 0 Å². The molecule has 0 bridgehead atoms. The van der Waals surface area contributed by atoms with Crippen molar-refractivity contribution >= 4 is 38.6 Å². The van der Waals surface area contributed by atoms with Crippen molar-refractivity contribution in [2.24, 2.45) is 0 Å². The molecule has 0 fully saturated rings. The van der Waals surface area contributed by atoms with Gasteiger partial charge in [-0.25, -0.2) is 4.98 Å². The van der Waals surface area contributed by atoms with Gasteiger partial charge in [0.1, 0.15) is 0 Å². The number of ether oxygens (including phenoxy) is 2. The number of nitrogens with one attached hydrogen (secondary N) is 1. The summed E-state index contributed by atoms with van der Waals surface area (Å²) in [5, 5.41) is 3.51. The fourth-order valence-electron chi connectivity index (χ4n) is 3.98. The highest BCUT2D eigenvalue weighted by atomic mass is 79.9. The number of fused-ring (bicyclic) bond motifs is 3. The maximum atomic E-state index is 5.77. The van der Waals surface area contributed by atoms with Gasteiger partial charge in [0.05, 0.1) is 31.3 Å². The van der Waals surface area contributed by atoms with E-state index in [9.17, 15) is 0 Å². The van der Waals surface area contributed by atoms with E-state index < -0.39 is 0 Å². The summed E-state index contributed by atoms with van der Waals surface area (Å²) in [6.45, 7) is 0. The number of aromatic nitrogens is 2. The largest absolute Gasteiger partial charge is 0.493 e. The zero-order chi connectivity index (χ0) is 20.7. The summed E-state index contributed by atoms with van der Waals surface area (Å²) in [7, 11) is 3.33. The number of halogens is 1. The molecule has 1 aromatic heterocycles. The van der Waals surface area contributed by atoms with Crippen molar-refractivity contribution in [2.75, 3.05) is 19.5 Å². The van der Waals surface area contributed by atoms with Crippen molar-refractivity contribution in [3.63, 3.8) is 0 Å². The highest BCUT2D eigenvalue weighted by Gasteiger charge is 2.28. The SMILES string of the molecule is COc1cccc([C@H]2C=C(c3ccc(Br)cc3)Nc3nc4ccccc4n32)c1OC. The van der Waals surface area contributed by atoms with E-state index in [0.29, 0.717) is 5.75 Å². The third kappa shape index (κ3) is 3.04. The van der Waals surface area contributed by atoms with Gasteiger partial charge in [0.15, 0.2) is 11.5 Å². The van der Waals surface area contributed by atoms with E-state index in [1.54, 1.807) is 14.2 Å². The van der Waals surface area contributed by atoms with Crippen LogP contribution in [-0.2, 0) is 0 Å². The molecule has 6 heteroatoms. The molecule has 1 N–H and O–H groups in total. The lowest BCUT2D eigenvalue weighted by Gasteiger charge is -2.28. The van der Waals surface area contributed by atoms with Crippen molar-refractivity contribution in [2.45, 2.75) is 6.04 Å². The quantitative estimate of drug-likeness (QED) is 0.412. The Hall–Kier alpha value is -3.25. The monoisotopic (exact) mass is 461 g/mol. The van der Waals surface area contributed by atoms with Crippen molar-refractivity contribution < 1.29 is 9.47 Å². The second-order valence-corrected chi connectivity index (χ2v) is 7.95. The second kappa shape index (κ2) is 7.54. The van der Waals surface area contributed by atoms with Crippen LogP contribution < -0.4 is 14.8 Å². The number of anilines is 1. The van der Waals surface area contributed by atoms with Gasteiger partial charge in [-0.3, -0.25) is 4.57 Å². The molecule has 1 aliphatic rings. The third-order valence-corrected chi connectivity index (χ3v) is 5.88. The first-order valence-corrected chi connectivity index (χ1v) is 10.4. The summed E-state index contributed by atoms with van der Waals surface area (Å²) in [5.41, 5.74) is 5.10. The van der Waals surface area contributed by atoms with Crippen LogP contribution in [0.25, 0.3) is 16.7 Å². The number of hydrogen-bond donors (Lipinski definition) is 1. The Balaban J connectivity index is 1.75.